The van der Waals surface area contributed by atoms with Crippen molar-refractivity contribution in [3.63, 3.8) is 0 Å². The molecule has 2 rings (SSSR count). The van der Waals surface area contributed by atoms with E-state index in [1.54, 1.807) is 13.0 Å². The zero-order chi connectivity index (χ0) is 18.1. The summed E-state index contributed by atoms with van der Waals surface area (Å²) in [4.78, 5) is 16.2. The Bertz CT molecular complexity index is 899. The fraction of sp³-hybridized carbons (Fsp3) is 0.200. The highest BCUT2D eigenvalue weighted by Gasteiger charge is 2.19. The van der Waals surface area contributed by atoms with Crippen LogP contribution >= 0.6 is 23.2 Å². The van der Waals surface area contributed by atoms with Gasteiger partial charge >= 0.3 is 0 Å². The molecule has 24 heavy (non-hydrogen) atoms. The second kappa shape index (κ2) is 7.06. The number of aromatic nitrogens is 1. The van der Waals surface area contributed by atoms with Gasteiger partial charge in [0.25, 0.3) is 5.91 Å². The molecule has 0 bridgehead atoms. The minimum Gasteiger partial charge on any atom is -0.322 e. The van der Waals surface area contributed by atoms with Gasteiger partial charge in [-0.25, -0.2) is 17.7 Å². The predicted octanol–water partition coefficient (Wildman–Crippen LogP) is 3.20. The molecule has 1 heterocycles. The van der Waals surface area contributed by atoms with Gasteiger partial charge < -0.3 is 5.32 Å². The molecule has 0 aliphatic rings. The molecule has 2 aromatic rings. The third-order valence-corrected chi connectivity index (χ3v) is 5.60. The first-order valence-corrected chi connectivity index (χ1v) is 8.99. The van der Waals surface area contributed by atoms with Gasteiger partial charge in [0.1, 0.15) is 10.3 Å². The van der Waals surface area contributed by atoms with E-state index >= 15 is 0 Å². The van der Waals surface area contributed by atoms with Crippen LogP contribution in [-0.4, -0.2) is 37.7 Å². The highest BCUT2D eigenvalue weighted by molar-refractivity contribution is 7.89. The zero-order valence-electron chi connectivity index (χ0n) is 13.2. The van der Waals surface area contributed by atoms with Crippen molar-refractivity contribution in [3.8, 4) is 0 Å². The van der Waals surface area contributed by atoms with E-state index in [1.807, 2.05) is 0 Å². The molecule has 0 unspecified atom stereocenters. The van der Waals surface area contributed by atoms with E-state index in [1.165, 1.54) is 38.4 Å². The van der Waals surface area contributed by atoms with Crippen LogP contribution in [0.1, 0.15) is 15.9 Å². The number of carbonyl (C=O) groups excluding carboxylic acids is 1. The topological polar surface area (TPSA) is 79.4 Å². The van der Waals surface area contributed by atoms with Crippen LogP contribution in [0.3, 0.4) is 0 Å². The molecule has 0 radical (unpaired) electrons. The third-order valence-electron chi connectivity index (χ3n) is 3.30. The number of rotatable bonds is 4. The average molecular weight is 388 g/mol. The molecule has 1 aromatic carbocycles. The Labute approximate surface area is 150 Å². The maximum atomic E-state index is 12.4. The number of sulfonamides is 1. The summed E-state index contributed by atoms with van der Waals surface area (Å²) in [5.41, 5.74) is 1.22. The Kier molecular flexibility index (Phi) is 5.49. The van der Waals surface area contributed by atoms with Crippen molar-refractivity contribution < 1.29 is 13.2 Å². The Morgan fingerprint density at radius 2 is 1.83 bits per heavy atom. The van der Waals surface area contributed by atoms with E-state index in [2.05, 4.69) is 10.3 Å². The van der Waals surface area contributed by atoms with Crippen molar-refractivity contribution in [2.45, 2.75) is 11.8 Å². The average Bonchev–Trinajstić information content (AvgIpc) is 2.48. The van der Waals surface area contributed by atoms with Crippen LogP contribution in [0.4, 0.5) is 5.69 Å². The highest BCUT2D eigenvalue weighted by atomic mass is 35.5. The van der Waals surface area contributed by atoms with Crippen molar-refractivity contribution >= 4 is 44.8 Å². The molecule has 6 nitrogen and oxygen atoms in total. The molecular formula is C15H15Cl2N3O3S. The third kappa shape index (κ3) is 3.87. The predicted molar refractivity (Wildman–Crippen MR) is 94.3 cm³/mol. The lowest BCUT2D eigenvalue weighted by atomic mass is 10.2. The minimum absolute atomic E-state index is 0.0327. The lowest BCUT2D eigenvalue weighted by Gasteiger charge is -2.14. The standard InChI is InChI=1S/C15H15Cl2N3O3S/c1-9-4-5-10(24(22,23)20(2)3)8-12(9)18-15(21)11-6-7-13(16)19-14(11)17/h4-8H,1-3H3,(H,18,21). The number of halogens is 2. The normalized spacial score (nSPS) is 11.6. The minimum atomic E-state index is -3.60. The number of nitrogens with zero attached hydrogens (tertiary/aromatic N) is 2. The van der Waals surface area contributed by atoms with Crippen molar-refractivity contribution in [1.29, 1.82) is 0 Å². The van der Waals surface area contributed by atoms with E-state index in [-0.39, 0.29) is 20.8 Å². The molecule has 1 aromatic heterocycles. The van der Waals surface area contributed by atoms with Gasteiger partial charge in [-0.15, -0.1) is 0 Å². The summed E-state index contributed by atoms with van der Waals surface area (Å²) in [5, 5.41) is 2.79. The number of hydrogen-bond acceptors (Lipinski definition) is 4. The lowest BCUT2D eigenvalue weighted by molar-refractivity contribution is 0.102. The SMILES string of the molecule is Cc1ccc(S(=O)(=O)N(C)C)cc1NC(=O)c1ccc(Cl)nc1Cl. The summed E-state index contributed by atoms with van der Waals surface area (Å²) in [6.07, 6.45) is 0. The van der Waals surface area contributed by atoms with Gasteiger partial charge in [0.15, 0.2) is 0 Å². The summed E-state index contributed by atoms with van der Waals surface area (Å²) in [7, 11) is -0.730. The number of amides is 1. The second-order valence-electron chi connectivity index (χ2n) is 5.19. The van der Waals surface area contributed by atoms with Gasteiger partial charge in [0.05, 0.1) is 10.5 Å². The van der Waals surface area contributed by atoms with Gasteiger partial charge in [0, 0.05) is 19.8 Å². The Hall–Kier alpha value is -1.67. The summed E-state index contributed by atoms with van der Waals surface area (Å²) in [6, 6.07) is 7.40. The molecule has 0 aliphatic carbocycles. The van der Waals surface area contributed by atoms with Crippen molar-refractivity contribution in [2.24, 2.45) is 0 Å². The molecule has 0 spiro atoms. The molecule has 0 saturated heterocycles. The largest absolute Gasteiger partial charge is 0.322 e. The van der Waals surface area contributed by atoms with Gasteiger partial charge in [-0.3, -0.25) is 4.79 Å². The lowest BCUT2D eigenvalue weighted by Crippen LogP contribution is -2.22. The summed E-state index contributed by atoms with van der Waals surface area (Å²) >= 11 is 11.6. The first-order chi connectivity index (χ1) is 11.1. The monoisotopic (exact) mass is 387 g/mol. The van der Waals surface area contributed by atoms with Crippen molar-refractivity contribution in [2.75, 3.05) is 19.4 Å². The van der Waals surface area contributed by atoms with Crippen LogP contribution in [0.5, 0.6) is 0 Å². The van der Waals surface area contributed by atoms with E-state index < -0.39 is 15.9 Å². The maximum absolute atomic E-state index is 12.4. The molecule has 1 amide bonds. The molecule has 1 N–H and O–H groups in total. The number of nitrogens with one attached hydrogen (secondary N) is 1. The molecule has 128 valence electrons. The number of benzene rings is 1. The molecular weight excluding hydrogens is 373 g/mol. The zero-order valence-corrected chi connectivity index (χ0v) is 15.5. The maximum Gasteiger partial charge on any atom is 0.258 e. The highest BCUT2D eigenvalue weighted by Crippen LogP contribution is 2.24. The smallest absolute Gasteiger partial charge is 0.258 e. The van der Waals surface area contributed by atoms with E-state index in [0.717, 1.165) is 4.31 Å². The number of pyridine rings is 1. The molecule has 0 atom stereocenters. The van der Waals surface area contributed by atoms with E-state index in [4.69, 9.17) is 23.2 Å². The number of anilines is 1. The van der Waals surface area contributed by atoms with Crippen LogP contribution in [0.15, 0.2) is 35.2 Å². The van der Waals surface area contributed by atoms with Crippen molar-refractivity contribution in [1.82, 2.24) is 9.29 Å². The fourth-order valence-electron chi connectivity index (χ4n) is 1.88. The molecule has 0 fully saturated rings. The summed E-state index contributed by atoms with van der Waals surface area (Å²) in [6.45, 7) is 1.75. The first-order valence-electron chi connectivity index (χ1n) is 6.79. The first kappa shape index (κ1) is 18.7. The van der Waals surface area contributed by atoms with Crippen LogP contribution in [0.25, 0.3) is 0 Å². The number of carbonyl (C=O) groups is 1. The Balaban J connectivity index is 2.37. The van der Waals surface area contributed by atoms with Crippen LogP contribution in [0, 0.1) is 6.92 Å². The molecule has 0 saturated carbocycles. The van der Waals surface area contributed by atoms with E-state index in [9.17, 15) is 13.2 Å². The van der Waals surface area contributed by atoms with Crippen LogP contribution in [-0.2, 0) is 10.0 Å². The second-order valence-corrected chi connectivity index (χ2v) is 8.09. The summed E-state index contributed by atoms with van der Waals surface area (Å²) < 4.78 is 25.5. The van der Waals surface area contributed by atoms with Crippen LogP contribution < -0.4 is 5.32 Å². The van der Waals surface area contributed by atoms with Gasteiger partial charge in [-0.2, -0.15) is 0 Å². The number of hydrogen-bond donors (Lipinski definition) is 1. The fourth-order valence-corrected chi connectivity index (χ4v) is 3.24. The van der Waals surface area contributed by atoms with Gasteiger partial charge in [0.2, 0.25) is 10.0 Å². The Morgan fingerprint density at radius 1 is 1.17 bits per heavy atom. The summed E-state index contributed by atoms with van der Waals surface area (Å²) in [5.74, 6) is -0.508. The van der Waals surface area contributed by atoms with Gasteiger partial charge in [-0.1, -0.05) is 29.3 Å². The quantitative estimate of drug-likeness (QED) is 0.816. The molecule has 0 aliphatic heterocycles. The van der Waals surface area contributed by atoms with Crippen molar-refractivity contribution in [3.05, 3.63) is 51.8 Å². The van der Waals surface area contributed by atoms with Crippen LogP contribution in [0.2, 0.25) is 10.3 Å². The van der Waals surface area contributed by atoms with Gasteiger partial charge in [-0.05, 0) is 36.8 Å². The number of aryl methyl sites for hydroxylation is 1. The molecule has 9 heteroatoms. The van der Waals surface area contributed by atoms with E-state index in [0.29, 0.717) is 11.3 Å². The Morgan fingerprint density at radius 3 is 2.42 bits per heavy atom.